The molecule has 0 aliphatic rings. The van der Waals surface area contributed by atoms with E-state index < -0.39 is 5.25 Å². The highest BCUT2D eigenvalue weighted by atomic mass is 32.2. The van der Waals surface area contributed by atoms with Gasteiger partial charge in [0, 0.05) is 12.3 Å². The number of benzene rings is 1. The van der Waals surface area contributed by atoms with Crippen LogP contribution in [0.25, 0.3) is 11.2 Å². The first kappa shape index (κ1) is 20.5. The van der Waals surface area contributed by atoms with Crippen molar-refractivity contribution >= 4 is 40.7 Å². The number of hydrogen-bond donors (Lipinski definition) is 3. The molecule has 4 N–H and O–H groups in total. The molecule has 0 aliphatic heterocycles. The summed E-state index contributed by atoms with van der Waals surface area (Å²) in [4.78, 5) is 37.0. The fourth-order valence-electron chi connectivity index (χ4n) is 2.94. The van der Waals surface area contributed by atoms with E-state index in [1.165, 1.54) is 31.4 Å². The zero-order chi connectivity index (χ0) is 21.6. The Kier molecular flexibility index (Phi) is 6.22. The number of methoxy groups -OCH3 is 1. The maximum absolute atomic E-state index is 13.1. The lowest BCUT2D eigenvalue weighted by Crippen LogP contribution is -2.27. The van der Waals surface area contributed by atoms with Gasteiger partial charge in [-0.25, -0.2) is 15.0 Å². The second-order valence-electron chi connectivity index (χ2n) is 6.53. The molecule has 31 heavy (non-hydrogen) atoms. The van der Waals surface area contributed by atoms with E-state index in [1.807, 2.05) is 30.3 Å². The summed E-state index contributed by atoms with van der Waals surface area (Å²) in [5, 5.41) is 2.83. The summed E-state index contributed by atoms with van der Waals surface area (Å²) in [5.41, 5.74) is 8.05. The highest BCUT2D eigenvalue weighted by Crippen LogP contribution is 2.30. The molecule has 0 spiro atoms. The largest absolute Gasteiger partial charge is 0.481 e. The van der Waals surface area contributed by atoms with Crippen molar-refractivity contribution in [3.8, 4) is 5.88 Å². The third kappa shape index (κ3) is 5.07. The van der Waals surface area contributed by atoms with E-state index in [1.54, 1.807) is 6.07 Å². The molecule has 3 heterocycles. The van der Waals surface area contributed by atoms with Crippen molar-refractivity contribution in [3.05, 3.63) is 54.5 Å². The average molecular weight is 437 g/mol. The molecule has 1 atom stereocenters. The van der Waals surface area contributed by atoms with Crippen molar-refractivity contribution in [2.45, 2.75) is 23.1 Å². The number of nitrogens with two attached hydrogens (primary N) is 1. The number of thioether (sulfide) groups is 1. The van der Waals surface area contributed by atoms with Crippen molar-refractivity contribution in [3.63, 3.8) is 0 Å². The zero-order valence-corrected chi connectivity index (χ0v) is 17.5. The second-order valence-corrected chi connectivity index (χ2v) is 7.72. The molecule has 0 saturated carbocycles. The molecule has 0 saturated heterocycles. The number of anilines is 2. The van der Waals surface area contributed by atoms with Crippen LogP contribution in [0.15, 0.2) is 53.9 Å². The normalized spacial score (nSPS) is 11.9. The van der Waals surface area contributed by atoms with E-state index in [0.717, 1.165) is 5.56 Å². The predicted octanol–water partition coefficient (Wildman–Crippen LogP) is 2.47. The highest BCUT2D eigenvalue weighted by molar-refractivity contribution is 8.00. The number of hydrogen-bond acceptors (Lipinski definition) is 9. The molecule has 0 bridgehead atoms. The van der Waals surface area contributed by atoms with Gasteiger partial charge in [0.15, 0.2) is 5.65 Å². The van der Waals surface area contributed by atoms with Gasteiger partial charge in [-0.05, 0) is 18.4 Å². The van der Waals surface area contributed by atoms with Gasteiger partial charge in [-0.2, -0.15) is 9.97 Å². The summed E-state index contributed by atoms with van der Waals surface area (Å²) in [6, 6.07) is 11.6. The number of imidazole rings is 1. The van der Waals surface area contributed by atoms with Crippen molar-refractivity contribution in [2.75, 3.05) is 18.2 Å². The van der Waals surface area contributed by atoms with Gasteiger partial charge in [-0.3, -0.25) is 10.1 Å². The van der Waals surface area contributed by atoms with E-state index in [-0.39, 0.29) is 17.8 Å². The molecule has 0 unspecified atom stereocenters. The van der Waals surface area contributed by atoms with Crippen LogP contribution in [0.3, 0.4) is 0 Å². The summed E-state index contributed by atoms with van der Waals surface area (Å²) in [5.74, 6) is 0.379. The Morgan fingerprint density at radius 3 is 2.84 bits per heavy atom. The van der Waals surface area contributed by atoms with Gasteiger partial charge >= 0.3 is 0 Å². The van der Waals surface area contributed by atoms with Gasteiger partial charge in [-0.15, -0.1) is 0 Å². The number of nitrogen functional groups attached to an aromatic ring is 1. The third-order valence-corrected chi connectivity index (χ3v) is 5.68. The molecule has 158 valence electrons. The van der Waals surface area contributed by atoms with E-state index >= 15 is 0 Å². The van der Waals surface area contributed by atoms with E-state index in [2.05, 4.69) is 35.2 Å². The first-order valence-corrected chi connectivity index (χ1v) is 10.4. The van der Waals surface area contributed by atoms with Gasteiger partial charge in [0.25, 0.3) is 0 Å². The number of aromatic amines is 1. The molecule has 0 aliphatic carbocycles. The SMILES string of the molecule is COc1ccnc(NC(=O)[C@H](CCc2ccccc2)Sc2nc(N)nc3nc[nH]c23)n1. The van der Waals surface area contributed by atoms with Crippen molar-refractivity contribution in [1.29, 1.82) is 0 Å². The molecular formula is C20H20N8O2S. The predicted molar refractivity (Wildman–Crippen MR) is 118 cm³/mol. The first-order valence-electron chi connectivity index (χ1n) is 9.47. The fourth-order valence-corrected chi connectivity index (χ4v) is 4.02. The van der Waals surface area contributed by atoms with Gasteiger partial charge < -0.3 is 15.5 Å². The molecule has 3 aromatic heterocycles. The van der Waals surface area contributed by atoms with Crippen LogP contribution in [0.2, 0.25) is 0 Å². The Hall–Kier alpha value is -3.73. The molecule has 0 fully saturated rings. The van der Waals surface area contributed by atoms with Gasteiger partial charge in [0.1, 0.15) is 10.5 Å². The fraction of sp³-hybridized carbons (Fsp3) is 0.200. The van der Waals surface area contributed by atoms with Crippen LogP contribution in [0.5, 0.6) is 5.88 Å². The Bertz CT molecular complexity index is 1180. The molecule has 1 amide bonds. The Labute approximate surface area is 182 Å². The maximum atomic E-state index is 13.1. The maximum Gasteiger partial charge on any atom is 0.240 e. The number of ether oxygens (including phenoxy) is 1. The van der Waals surface area contributed by atoms with Crippen molar-refractivity contribution in [2.24, 2.45) is 0 Å². The molecule has 4 aromatic rings. The molecular weight excluding hydrogens is 416 g/mol. The number of fused-ring (bicyclic) bond motifs is 1. The second kappa shape index (κ2) is 9.39. The number of carbonyl (C=O) groups is 1. The monoisotopic (exact) mass is 436 g/mol. The molecule has 1 aromatic carbocycles. The summed E-state index contributed by atoms with van der Waals surface area (Å²) in [6.45, 7) is 0. The first-order chi connectivity index (χ1) is 15.1. The van der Waals surface area contributed by atoms with Gasteiger partial charge in [0.2, 0.25) is 23.7 Å². The van der Waals surface area contributed by atoms with Crippen LogP contribution in [0, 0.1) is 0 Å². The van der Waals surface area contributed by atoms with Gasteiger partial charge in [-0.1, -0.05) is 42.1 Å². The number of rotatable bonds is 8. The smallest absolute Gasteiger partial charge is 0.240 e. The zero-order valence-electron chi connectivity index (χ0n) is 16.6. The minimum Gasteiger partial charge on any atom is -0.481 e. The minimum atomic E-state index is -0.490. The van der Waals surface area contributed by atoms with Crippen LogP contribution in [0.4, 0.5) is 11.9 Å². The van der Waals surface area contributed by atoms with E-state index in [4.69, 9.17) is 10.5 Å². The lowest BCUT2D eigenvalue weighted by molar-refractivity contribution is -0.115. The lowest BCUT2D eigenvalue weighted by atomic mass is 10.1. The summed E-state index contributed by atoms with van der Waals surface area (Å²) < 4.78 is 5.10. The average Bonchev–Trinajstić information content (AvgIpc) is 3.26. The van der Waals surface area contributed by atoms with Crippen LogP contribution in [0.1, 0.15) is 12.0 Å². The number of H-pyrrole nitrogens is 1. The Morgan fingerprint density at radius 2 is 2.03 bits per heavy atom. The standard InChI is InChI=1S/C20H20N8O2S/c1-30-14-9-10-22-20(25-14)27-17(29)13(8-7-12-5-3-2-4-6-12)31-18-15-16(24-11-23-15)26-19(21)28-18/h2-6,9-11,13H,7-8H2,1H3,(H,22,25,27,29)(H3,21,23,24,26,28)/t13-/m0/s1. The molecule has 4 rings (SSSR count). The van der Waals surface area contributed by atoms with Crippen molar-refractivity contribution < 1.29 is 9.53 Å². The van der Waals surface area contributed by atoms with E-state index in [0.29, 0.717) is 34.9 Å². The Morgan fingerprint density at radius 1 is 1.19 bits per heavy atom. The highest BCUT2D eigenvalue weighted by Gasteiger charge is 2.24. The lowest BCUT2D eigenvalue weighted by Gasteiger charge is -2.16. The summed E-state index contributed by atoms with van der Waals surface area (Å²) in [7, 11) is 1.50. The Balaban J connectivity index is 1.58. The number of carbonyl (C=O) groups excluding carboxylic acids is 1. The quantitative estimate of drug-likeness (QED) is 0.280. The van der Waals surface area contributed by atoms with Crippen LogP contribution in [-0.4, -0.2) is 48.2 Å². The molecule has 10 nitrogen and oxygen atoms in total. The summed E-state index contributed by atoms with van der Waals surface area (Å²) >= 11 is 1.29. The topological polar surface area (TPSA) is 145 Å². The van der Waals surface area contributed by atoms with Crippen LogP contribution in [-0.2, 0) is 11.2 Å². The number of nitrogens with one attached hydrogen (secondary N) is 2. The number of aryl methyl sites for hydroxylation is 1. The van der Waals surface area contributed by atoms with Crippen LogP contribution >= 0.6 is 11.8 Å². The molecule has 11 heteroatoms. The number of aromatic nitrogens is 6. The number of amides is 1. The molecule has 0 radical (unpaired) electrons. The van der Waals surface area contributed by atoms with Crippen LogP contribution < -0.4 is 15.8 Å². The third-order valence-electron chi connectivity index (χ3n) is 4.43. The van der Waals surface area contributed by atoms with E-state index in [9.17, 15) is 4.79 Å². The minimum absolute atomic E-state index is 0.0976. The summed E-state index contributed by atoms with van der Waals surface area (Å²) in [6.07, 6.45) is 4.31. The van der Waals surface area contributed by atoms with Gasteiger partial charge in [0.05, 0.1) is 18.7 Å². The van der Waals surface area contributed by atoms with Crippen molar-refractivity contribution in [1.82, 2.24) is 29.9 Å². The number of nitrogens with zero attached hydrogens (tertiary/aromatic N) is 5.